The lowest BCUT2D eigenvalue weighted by Crippen LogP contribution is -2.61. The van der Waals surface area contributed by atoms with Gasteiger partial charge in [0.1, 0.15) is 11.6 Å². The lowest BCUT2D eigenvalue weighted by Gasteiger charge is -2.44. The summed E-state index contributed by atoms with van der Waals surface area (Å²) < 4.78 is 43.0. The minimum Gasteiger partial charge on any atom is -0.365 e. The van der Waals surface area contributed by atoms with Crippen LogP contribution in [0.4, 0.5) is 24.7 Å². The Kier molecular flexibility index (Phi) is 5.97. The van der Waals surface area contributed by atoms with Crippen LogP contribution in [0.3, 0.4) is 0 Å². The molecule has 2 saturated heterocycles. The van der Waals surface area contributed by atoms with Gasteiger partial charge in [-0.3, -0.25) is 14.5 Å². The molecule has 1 aromatic heterocycles. The summed E-state index contributed by atoms with van der Waals surface area (Å²) in [6.07, 6.45) is 1.00. The summed E-state index contributed by atoms with van der Waals surface area (Å²) in [5.74, 6) is -3.46. The summed E-state index contributed by atoms with van der Waals surface area (Å²) in [6, 6.07) is 1.89. The molecule has 2 atom stereocenters. The van der Waals surface area contributed by atoms with E-state index in [1.165, 1.54) is 0 Å². The average Bonchev–Trinajstić information content (AvgIpc) is 2.70. The van der Waals surface area contributed by atoms with Crippen molar-refractivity contribution in [2.24, 2.45) is 0 Å². The largest absolute Gasteiger partial charge is 0.365 e. The third-order valence-corrected chi connectivity index (χ3v) is 6.16. The van der Waals surface area contributed by atoms with Crippen LogP contribution in [0.1, 0.15) is 25.7 Å². The summed E-state index contributed by atoms with van der Waals surface area (Å²) >= 11 is 0. The van der Waals surface area contributed by atoms with Crippen molar-refractivity contribution >= 4 is 23.1 Å². The molecule has 2 aliphatic heterocycles. The van der Waals surface area contributed by atoms with Gasteiger partial charge in [-0.15, -0.1) is 0 Å². The highest BCUT2D eigenvalue weighted by Gasteiger charge is 2.45. The number of anilines is 2. The quantitative estimate of drug-likeness (QED) is 0.558. The molecule has 164 valence electrons. The predicted molar refractivity (Wildman–Crippen MR) is 105 cm³/mol. The zero-order chi connectivity index (χ0) is 21.3. The highest BCUT2D eigenvalue weighted by molar-refractivity contribution is 6.04. The number of piperidine rings is 1. The molecule has 0 spiro atoms. The van der Waals surface area contributed by atoms with Gasteiger partial charge in [0.25, 0.3) is 5.92 Å². The number of alkyl halides is 2. The number of nitrogens with zero attached hydrogens (tertiary/aromatic N) is 3. The molecule has 0 bridgehead atoms. The van der Waals surface area contributed by atoms with Crippen LogP contribution in [0.2, 0.25) is 0 Å². The molecule has 3 fully saturated rings. The smallest absolute Gasteiger partial charge is 0.275 e. The number of carbonyl (C=O) groups is 2. The molecule has 0 amide bonds. The zero-order valence-electron chi connectivity index (χ0n) is 16.7. The summed E-state index contributed by atoms with van der Waals surface area (Å²) in [7, 11) is 0. The average molecular weight is 425 g/mol. The number of rotatable bonds is 4. The van der Waals surface area contributed by atoms with Gasteiger partial charge in [0.2, 0.25) is 5.95 Å². The second-order valence-electron chi connectivity index (χ2n) is 8.19. The van der Waals surface area contributed by atoms with Gasteiger partial charge < -0.3 is 15.5 Å². The number of nitrogens with one attached hydrogen (secondary N) is 2. The number of halogens is 3. The number of aromatic nitrogens is 1. The maximum atomic E-state index is 14.6. The number of piperazine rings is 1. The highest BCUT2D eigenvalue weighted by Crippen LogP contribution is 2.30. The Morgan fingerprint density at radius 2 is 1.90 bits per heavy atom. The van der Waals surface area contributed by atoms with Crippen LogP contribution >= 0.6 is 0 Å². The van der Waals surface area contributed by atoms with Gasteiger partial charge in [0.15, 0.2) is 5.78 Å². The van der Waals surface area contributed by atoms with Crippen molar-refractivity contribution in [2.75, 3.05) is 49.5 Å². The number of carbonyl (C=O) groups excluding carboxylic acids is 2. The minimum atomic E-state index is -2.76. The van der Waals surface area contributed by atoms with Crippen molar-refractivity contribution in [1.29, 1.82) is 0 Å². The van der Waals surface area contributed by atoms with Gasteiger partial charge >= 0.3 is 0 Å². The van der Waals surface area contributed by atoms with E-state index in [2.05, 4.69) is 15.6 Å². The van der Waals surface area contributed by atoms with E-state index in [-0.39, 0.29) is 30.3 Å². The Morgan fingerprint density at radius 1 is 1.13 bits per heavy atom. The molecular weight excluding hydrogens is 399 g/mol. The molecule has 2 N–H and O–H groups in total. The lowest BCUT2D eigenvalue weighted by molar-refractivity contribution is -0.130. The fourth-order valence-corrected chi connectivity index (χ4v) is 4.49. The van der Waals surface area contributed by atoms with E-state index in [1.807, 2.05) is 4.90 Å². The molecule has 10 heteroatoms. The Hall–Kier alpha value is -2.20. The molecule has 2 unspecified atom stereocenters. The first-order valence-corrected chi connectivity index (χ1v) is 10.4. The SMILES string of the molecule is O=C1CCC(Nc2ccc(N3CCN(C4CCNCC4(F)F)CC3)c(F)n2)C(=O)C1. The normalized spacial score (nSPS) is 27.9. The number of hydrogen-bond donors (Lipinski definition) is 2. The first kappa shape index (κ1) is 21.0. The third-order valence-electron chi connectivity index (χ3n) is 6.16. The number of pyridine rings is 1. The molecule has 1 saturated carbocycles. The lowest BCUT2D eigenvalue weighted by atomic mass is 9.93. The van der Waals surface area contributed by atoms with Gasteiger partial charge in [0.05, 0.1) is 30.7 Å². The maximum absolute atomic E-state index is 14.6. The Morgan fingerprint density at radius 3 is 2.57 bits per heavy atom. The number of Topliss-reactive ketones (excluding diaryl/α,β-unsaturated/α-hetero) is 2. The molecular formula is C20H26F3N5O2. The van der Waals surface area contributed by atoms with Crippen molar-refractivity contribution in [3.8, 4) is 0 Å². The van der Waals surface area contributed by atoms with E-state index in [1.54, 1.807) is 17.0 Å². The summed E-state index contributed by atoms with van der Waals surface area (Å²) in [4.78, 5) is 30.8. The van der Waals surface area contributed by atoms with Crippen molar-refractivity contribution in [3.05, 3.63) is 18.1 Å². The van der Waals surface area contributed by atoms with Gasteiger partial charge in [-0.1, -0.05) is 0 Å². The zero-order valence-corrected chi connectivity index (χ0v) is 16.7. The van der Waals surface area contributed by atoms with Crippen LogP contribution in [0.5, 0.6) is 0 Å². The van der Waals surface area contributed by atoms with Gasteiger partial charge in [-0.05, 0) is 31.5 Å². The number of hydrogen-bond acceptors (Lipinski definition) is 7. The molecule has 0 aromatic carbocycles. The van der Waals surface area contributed by atoms with Crippen molar-refractivity contribution in [2.45, 2.75) is 43.7 Å². The first-order valence-electron chi connectivity index (χ1n) is 10.4. The summed E-state index contributed by atoms with van der Waals surface area (Å²) in [6.45, 7) is 2.02. The predicted octanol–water partition coefficient (Wildman–Crippen LogP) is 1.44. The number of ketones is 2. The third kappa shape index (κ3) is 4.44. The van der Waals surface area contributed by atoms with E-state index >= 15 is 0 Å². The molecule has 1 aromatic rings. The van der Waals surface area contributed by atoms with E-state index in [0.717, 1.165) is 0 Å². The Bertz CT molecular complexity index is 814. The molecule has 3 aliphatic rings. The molecule has 30 heavy (non-hydrogen) atoms. The van der Waals surface area contributed by atoms with E-state index in [4.69, 9.17) is 0 Å². The summed E-state index contributed by atoms with van der Waals surface area (Å²) in [5, 5.41) is 5.65. The topological polar surface area (TPSA) is 77.6 Å². The van der Waals surface area contributed by atoms with E-state index < -0.39 is 24.0 Å². The van der Waals surface area contributed by atoms with Crippen LogP contribution in [0.25, 0.3) is 0 Å². The van der Waals surface area contributed by atoms with E-state index in [9.17, 15) is 22.8 Å². The fourth-order valence-electron chi connectivity index (χ4n) is 4.49. The molecule has 1 aliphatic carbocycles. The Balaban J connectivity index is 1.36. The first-order chi connectivity index (χ1) is 14.3. The second-order valence-corrected chi connectivity index (χ2v) is 8.19. The van der Waals surface area contributed by atoms with Crippen molar-refractivity contribution < 1.29 is 22.8 Å². The summed E-state index contributed by atoms with van der Waals surface area (Å²) in [5.41, 5.74) is 0.322. The minimum absolute atomic E-state index is 0.0751. The standard InChI is InChI=1S/C20H26F3N5O2/c21-19-15(3-4-18(26-19)25-14-2-1-13(29)11-16(14)30)27-7-9-28(10-8-27)17-5-6-24-12-20(17,22)23/h3-4,14,17,24H,1-2,5-12H2,(H,25,26). The van der Waals surface area contributed by atoms with Crippen LogP contribution < -0.4 is 15.5 Å². The van der Waals surface area contributed by atoms with Crippen LogP contribution in [0.15, 0.2) is 12.1 Å². The molecule has 3 heterocycles. The Labute approximate surface area is 173 Å². The van der Waals surface area contributed by atoms with Crippen LogP contribution in [0, 0.1) is 5.95 Å². The highest BCUT2D eigenvalue weighted by atomic mass is 19.3. The van der Waals surface area contributed by atoms with Crippen molar-refractivity contribution in [1.82, 2.24) is 15.2 Å². The van der Waals surface area contributed by atoms with Crippen LogP contribution in [-0.4, -0.2) is 78.7 Å². The maximum Gasteiger partial charge on any atom is 0.275 e. The van der Waals surface area contributed by atoms with E-state index in [0.29, 0.717) is 57.7 Å². The monoisotopic (exact) mass is 425 g/mol. The van der Waals surface area contributed by atoms with Crippen LogP contribution in [-0.2, 0) is 9.59 Å². The van der Waals surface area contributed by atoms with Gasteiger partial charge in [0, 0.05) is 32.6 Å². The van der Waals surface area contributed by atoms with Gasteiger partial charge in [-0.25, -0.2) is 13.8 Å². The molecule has 0 radical (unpaired) electrons. The molecule has 4 rings (SSSR count). The fraction of sp³-hybridized carbons (Fsp3) is 0.650. The van der Waals surface area contributed by atoms with Gasteiger partial charge in [-0.2, -0.15) is 4.39 Å². The van der Waals surface area contributed by atoms with Crippen molar-refractivity contribution in [3.63, 3.8) is 0 Å². The second kappa shape index (κ2) is 8.50. The molecule has 7 nitrogen and oxygen atoms in total.